The van der Waals surface area contributed by atoms with Crippen molar-refractivity contribution in [2.45, 2.75) is 20.5 Å². The number of methoxy groups -OCH3 is 2. The van der Waals surface area contributed by atoms with Crippen molar-refractivity contribution in [3.05, 3.63) is 23.0 Å². The molecule has 1 rings (SSSR count). The van der Waals surface area contributed by atoms with Crippen LogP contribution in [0.2, 0.25) is 0 Å². The number of hydrogen-bond acceptors (Lipinski definition) is 4. The summed E-state index contributed by atoms with van der Waals surface area (Å²) in [4.78, 5) is 15.7. The monoisotopic (exact) mass is 209 g/mol. The molecule has 0 fully saturated rings. The smallest absolute Gasteiger partial charge is 0.164 e. The highest BCUT2D eigenvalue weighted by atomic mass is 16.5. The zero-order valence-corrected chi connectivity index (χ0v) is 9.46. The Labute approximate surface area is 89.2 Å². The first-order valence-corrected chi connectivity index (χ1v) is 4.64. The lowest BCUT2D eigenvalue weighted by Crippen LogP contribution is -2.07. The van der Waals surface area contributed by atoms with E-state index in [1.807, 2.05) is 6.92 Å². The molecule has 0 aliphatic carbocycles. The summed E-state index contributed by atoms with van der Waals surface area (Å²) < 4.78 is 10.2. The Hall–Kier alpha value is -1.42. The van der Waals surface area contributed by atoms with Gasteiger partial charge >= 0.3 is 0 Å². The van der Waals surface area contributed by atoms with Gasteiger partial charge in [0.05, 0.1) is 25.0 Å². The quantitative estimate of drug-likeness (QED) is 0.709. The molecule has 4 heteroatoms. The molecule has 15 heavy (non-hydrogen) atoms. The zero-order valence-electron chi connectivity index (χ0n) is 9.46. The van der Waals surface area contributed by atoms with Gasteiger partial charge in [0, 0.05) is 18.9 Å². The van der Waals surface area contributed by atoms with E-state index >= 15 is 0 Å². The van der Waals surface area contributed by atoms with Crippen LogP contribution in [0.25, 0.3) is 0 Å². The summed E-state index contributed by atoms with van der Waals surface area (Å²) in [7, 11) is 3.11. The van der Waals surface area contributed by atoms with E-state index in [2.05, 4.69) is 4.98 Å². The van der Waals surface area contributed by atoms with Gasteiger partial charge in [-0.3, -0.25) is 9.78 Å². The molecule has 1 aromatic rings. The minimum atomic E-state index is -0.0376. The highest BCUT2D eigenvalue weighted by Gasteiger charge is 2.16. The van der Waals surface area contributed by atoms with Crippen molar-refractivity contribution in [3.63, 3.8) is 0 Å². The number of pyridine rings is 1. The molecule has 0 bridgehead atoms. The third-order valence-corrected chi connectivity index (χ3v) is 2.15. The summed E-state index contributed by atoms with van der Waals surface area (Å²) in [6, 6.07) is 0. The number of nitrogens with zero attached hydrogens (tertiary/aromatic N) is 1. The fourth-order valence-electron chi connectivity index (χ4n) is 1.53. The van der Waals surface area contributed by atoms with E-state index in [-0.39, 0.29) is 5.78 Å². The molecule has 0 spiro atoms. The van der Waals surface area contributed by atoms with Gasteiger partial charge in [-0.05, 0) is 13.8 Å². The Morgan fingerprint density at radius 3 is 2.60 bits per heavy atom. The van der Waals surface area contributed by atoms with Crippen LogP contribution in [0.5, 0.6) is 5.75 Å². The summed E-state index contributed by atoms with van der Waals surface area (Å²) in [5, 5.41) is 0. The van der Waals surface area contributed by atoms with E-state index in [1.165, 1.54) is 14.0 Å². The van der Waals surface area contributed by atoms with E-state index in [1.54, 1.807) is 13.3 Å². The van der Waals surface area contributed by atoms with E-state index in [9.17, 15) is 4.79 Å². The molecule has 0 saturated heterocycles. The highest BCUT2D eigenvalue weighted by molar-refractivity contribution is 5.98. The maximum atomic E-state index is 11.5. The molecule has 0 unspecified atom stereocenters. The molecule has 0 radical (unpaired) electrons. The Kier molecular flexibility index (Phi) is 3.80. The normalized spacial score (nSPS) is 10.1. The van der Waals surface area contributed by atoms with Crippen molar-refractivity contribution in [2.75, 3.05) is 14.2 Å². The van der Waals surface area contributed by atoms with Crippen LogP contribution in [0.3, 0.4) is 0 Å². The number of aryl methyl sites for hydroxylation is 1. The van der Waals surface area contributed by atoms with Gasteiger partial charge in [0.1, 0.15) is 0 Å². The largest absolute Gasteiger partial charge is 0.494 e. The summed E-state index contributed by atoms with van der Waals surface area (Å²) in [6.45, 7) is 3.68. The molecule has 0 amide bonds. The predicted molar refractivity (Wildman–Crippen MR) is 56.2 cm³/mol. The van der Waals surface area contributed by atoms with Gasteiger partial charge in [-0.1, -0.05) is 0 Å². The van der Waals surface area contributed by atoms with Gasteiger partial charge in [-0.2, -0.15) is 0 Å². The van der Waals surface area contributed by atoms with Crippen LogP contribution < -0.4 is 4.74 Å². The zero-order chi connectivity index (χ0) is 11.4. The van der Waals surface area contributed by atoms with Gasteiger partial charge in [0.15, 0.2) is 11.5 Å². The average Bonchev–Trinajstić information content (AvgIpc) is 2.20. The van der Waals surface area contributed by atoms with Crippen LogP contribution in [0.1, 0.15) is 28.5 Å². The third-order valence-electron chi connectivity index (χ3n) is 2.15. The fraction of sp³-hybridized carbons (Fsp3) is 0.455. The summed E-state index contributed by atoms with van der Waals surface area (Å²) in [5.41, 5.74) is 2.03. The van der Waals surface area contributed by atoms with Crippen LogP contribution in [0.4, 0.5) is 0 Å². The summed E-state index contributed by atoms with van der Waals surface area (Å²) in [6.07, 6.45) is 1.65. The average molecular weight is 209 g/mol. The number of aromatic nitrogens is 1. The topological polar surface area (TPSA) is 48.4 Å². The van der Waals surface area contributed by atoms with E-state index < -0.39 is 0 Å². The molecular formula is C11H15NO3. The second-order valence-corrected chi connectivity index (χ2v) is 3.27. The molecule has 4 nitrogen and oxygen atoms in total. The molecule has 0 atom stereocenters. The first-order chi connectivity index (χ1) is 7.11. The standard InChI is InChI=1S/C11H15NO3/c1-7-11(15-4)10(8(2)13)9(5-12-7)6-14-3/h5H,6H2,1-4H3. The molecule has 82 valence electrons. The number of carbonyl (C=O) groups is 1. The molecular weight excluding hydrogens is 194 g/mol. The Balaban J connectivity index is 3.35. The van der Waals surface area contributed by atoms with Crippen molar-refractivity contribution in [2.24, 2.45) is 0 Å². The molecule has 0 aliphatic rings. The molecule has 0 saturated carbocycles. The number of carbonyl (C=O) groups excluding carboxylic acids is 1. The van der Waals surface area contributed by atoms with Gasteiger partial charge in [-0.25, -0.2) is 0 Å². The third kappa shape index (κ3) is 2.33. The minimum Gasteiger partial charge on any atom is -0.494 e. The Bertz CT molecular complexity index is 374. The van der Waals surface area contributed by atoms with E-state index in [4.69, 9.17) is 9.47 Å². The lowest BCUT2D eigenvalue weighted by Gasteiger charge is -2.12. The van der Waals surface area contributed by atoms with Gasteiger partial charge in [0.2, 0.25) is 0 Å². The molecule has 1 aromatic heterocycles. The molecule has 0 N–H and O–H groups in total. The lowest BCUT2D eigenvalue weighted by atomic mass is 10.0. The number of hydrogen-bond donors (Lipinski definition) is 0. The summed E-state index contributed by atoms with van der Waals surface area (Å²) >= 11 is 0. The van der Waals surface area contributed by atoms with Crippen molar-refractivity contribution >= 4 is 5.78 Å². The van der Waals surface area contributed by atoms with Crippen LogP contribution >= 0.6 is 0 Å². The van der Waals surface area contributed by atoms with Crippen LogP contribution in [0.15, 0.2) is 6.20 Å². The first-order valence-electron chi connectivity index (χ1n) is 4.64. The second kappa shape index (κ2) is 4.89. The predicted octanol–water partition coefficient (Wildman–Crippen LogP) is 1.75. The van der Waals surface area contributed by atoms with Crippen molar-refractivity contribution in [1.82, 2.24) is 4.98 Å². The van der Waals surface area contributed by atoms with Crippen LogP contribution in [-0.4, -0.2) is 25.0 Å². The maximum Gasteiger partial charge on any atom is 0.164 e. The number of ketones is 1. The SMILES string of the molecule is COCc1cnc(C)c(OC)c1C(C)=O. The van der Waals surface area contributed by atoms with Crippen molar-refractivity contribution in [3.8, 4) is 5.75 Å². The fourth-order valence-corrected chi connectivity index (χ4v) is 1.53. The number of Topliss-reactive ketones (excluding diaryl/α,β-unsaturated/α-hetero) is 1. The first kappa shape index (κ1) is 11.7. The Morgan fingerprint density at radius 2 is 2.13 bits per heavy atom. The van der Waals surface area contributed by atoms with Gasteiger partial charge < -0.3 is 9.47 Å². The minimum absolute atomic E-state index is 0.0376. The number of ether oxygens (including phenoxy) is 2. The van der Waals surface area contributed by atoms with Gasteiger partial charge in [0.25, 0.3) is 0 Å². The highest BCUT2D eigenvalue weighted by Crippen LogP contribution is 2.25. The van der Waals surface area contributed by atoms with Crippen molar-refractivity contribution < 1.29 is 14.3 Å². The lowest BCUT2D eigenvalue weighted by molar-refractivity contribution is 0.100. The van der Waals surface area contributed by atoms with Crippen LogP contribution in [0, 0.1) is 6.92 Å². The summed E-state index contributed by atoms with van der Waals surface area (Å²) in [5.74, 6) is 0.501. The Morgan fingerprint density at radius 1 is 1.47 bits per heavy atom. The van der Waals surface area contributed by atoms with Gasteiger partial charge in [-0.15, -0.1) is 0 Å². The van der Waals surface area contributed by atoms with E-state index in [0.717, 1.165) is 5.56 Å². The molecule has 0 aromatic carbocycles. The van der Waals surface area contributed by atoms with Crippen LogP contribution in [-0.2, 0) is 11.3 Å². The molecule has 0 aliphatic heterocycles. The number of rotatable bonds is 4. The molecule has 1 heterocycles. The second-order valence-electron chi connectivity index (χ2n) is 3.27. The van der Waals surface area contributed by atoms with E-state index in [0.29, 0.717) is 23.6 Å². The maximum absolute atomic E-state index is 11.5. The van der Waals surface area contributed by atoms with Crippen molar-refractivity contribution in [1.29, 1.82) is 0 Å².